The van der Waals surface area contributed by atoms with Crippen molar-refractivity contribution >= 4 is 34.0 Å². The number of para-hydroxylation sites is 2. The van der Waals surface area contributed by atoms with Gasteiger partial charge in [-0.05, 0) is 29.8 Å². The molecule has 0 aliphatic carbocycles. The molecule has 6 nitrogen and oxygen atoms in total. The van der Waals surface area contributed by atoms with Gasteiger partial charge in [0.1, 0.15) is 10.8 Å². The second-order valence-corrected chi connectivity index (χ2v) is 7.21. The average molecular weight is 406 g/mol. The molecular formula is C22H20ClN5O. The Labute approximate surface area is 173 Å². The lowest BCUT2D eigenvalue weighted by Crippen LogP contribution is -2.22. The number of hydrogen-bond acceptors (Lipinski definition) is 5. The highest BCUT2D eigenvalue weighted by molar-refractivity contribution is 6.32. The molecule has 0 aliphatic rings. The monoisotopic (exact) mass is 405 g/mol. The van der Waals surface area contributed by atoms with E-state index < -0.39 is 0 Å². The van der Waals surface area contributed by atoms with Crippen LogP contribution >= 0.6 is 11.6 Å². The number of hydrogen-bond donors (Lipinski definition) is 1. The third kappa shape index (κ3) is 3.79. The van der Waals surface area contributed by atoms with Gasteiger partial charge in [-0.25, -0.2) is 4.98 Å². The fourth-order valence-corrected chi connectivity index (χ4v) is 3.30. The van der Waals surface area contributed by atoms with Gasteiger partial charge in [-0.1, -0.05) is 48.0 Å². The van der Waals surface area contributed by atoms with Crippen molar-refractivity contribution in [2.75, 3.05) is 24.3 Å². The molecule has 0 atom stereocenters. The minimum Gasteiger partial charge on any atom is -0.378 e. The Hall–Kier alpha value is -3.38. The molecule has 2 aromatic carbocycles. The summed E-state index contributed by atoms with van der Waals surface area (Å²) in [5.41, 5.74) is 2.77. The van der Waals surface area contributed by atoms with Gasteiger partial charge in [0.05, 0.1) is 23.1 Å². The molecule has 4 aromatic rings. The lowest BCUT2D eigenvalue weighted by atomic mass is 10.1. The van der Waals surface area contributed by atoms with E-state index in [0.717, 1.165) is 22.3 Å². The van der Waals surface area contributed by atoms with Crippen LogP contribution in [-0.2, 0) is 6.54 Å². The lowest BCUT2D eigenvalue weighted by Gasteiger charge is -2.16. The quantitative estimate of drug-likeness (QED) is 0.541. The summed E-state index contributed by atoms with van der Waals surface area (Å²) >= 11 is 6.36. The summed E-state index contributed by atoms with van der Waals surface area (Å²) in [6.45, 7) is 0.486. The summed E-state index contributed by atoms with van der Waals surface area (Å²) in [5, 5.41) is 8.67. The van der Waals surface area contributed by atoms with Gasteiger partial charge in [0.2, 0.25) is 0 Å². The summed E-state index contributed by atoms with van der Waals surface area (Å²) < 4.78 is 1.29. The topological polar surface area (TPSA) is 63.1 Å². The largest absolute Gasteiger partial charge is 0.378 e. The Bertz CT molecular complexity index is 1220. The molecule has 0 saturated carbocycles. The van der Waals surface area contributed by atoms with Gasteiger partial charge in [-0.15, -0.1) is 0 Å². The fourth-order valence-electron chi connectivity index (χ4n) is 3.11. The van der Waals surface area contributed by atoms with Crippen LogP contribution in [0.3, 0.4) is 0 Å². The molecule has 0 amide bonds. The Balaban J connectivity index is 1.66. The summed E-state index contributed by atoms with van der Waals surface area (Å²) in [7, 11) is 3.91. The smallest absolute Gasteiger partial charge is 0.292 e. The third-order valence-electron chi connectivity index (χ3n) is 4.64. The van der Waals surface area contributed by atoms with Crippen LogP contribution in [0.15, 0.2) is 71.7 Å². The van der Waals surface area contributed by atoms with Crippen molar-refractivity contribution in [1.29, 1.82) is 0 Å². The first kappa shape index (κ1) is 19.0. The highest BCUT2D eigenvalue weighted by atomic mass is 35.5. The van der Waals surface area contributed by atoms with Crippen molar-refractivity contribution in [1.82, 2.24) is 14.8 Å². The molecule has 2 aromatic heterocycles. The van der Waals surface area contributed by atoms with Gasteiger partial charge in [-0.3, -0.25) is 4.79 Å². The van der Waals surface area contributed by atoms with E-state index >= 15 is 0 Å². The Morgan fingerprint density at radius 2 is 1.79 bits per heavy atom. The number of pyridine rings is 1. The third-order valence-corrected chi connectivity index (χ3v) is 5.00. The Kier molecular flexibility index (Phi) is 5.18. The minimum absolute atomic E-state index is 0.107. The average Bonchev–Trinajstić information content (AvgIpc) is 2.75. The number of aromatic nitrogens is 3. The fraction of sp³-hybridized carbons (Fsp3) is 0.136. The van der Waals surface area contributed by atoms with Crippen LogP contribution in [0.2, 0.25) is 5.02 Å². The summed E-state index contributed by atoms with van der Waals surface area (Å²) in [6.07, 6.45) is 1.58. The molecule has 0 radical (unpaired) electrons. The molecule has 0 aliphatic heterocycles. The van der Waals surface area contributed by atoms with E-state index in [0.29, 0.717) is 17.9 Å². The van der Waals surface area contributed by atoms with Gasteiger partial charge in [0.25, 0.3) is 5.56 Å². The lowest BCUT2D eigenvalue weighted by molar-refractivity contribution is 0.807. The molecule has 29 heavy (non-hydrogen) atoms. The molecule has 0 fully saturated rings. The molecule has 2 heterocycles. The normalized spacial score (nSPS) is 10.9. The molecule has 0 saturated heterocycles. The highest BCUT2D eigenvalue weighted by Crippen LogP contribution is 2.24. The number of nitrogens with zero attached hydrogens (tertiary/aromatic N) is 4. The van der Waals surface area contributed by atoms with Crippen LogP contribution < -0.4 is 15.8 Å². The maximum atomic E-state index is 12.7. The van der Waals surface area contributed by atoms with Crippen molar-refractivity contribution in [3.8, 4) is 5.69 Å². The van der Waals surface area contributed by atoms with Gasteiger partial charge in [0.15, 0.2) is 0 Å². The number of fused-ring (bicyclic) bond motifs is 1. The zero-order valence-electron chi connectivity index (χ0n) is 16.1. The van der Waals surface area contributed by atoms with Crippen LogP contribution in [-0.4, -0.2) is 28.9 Å². The van der Waals surface area contributed by atoms with E-state index in [1.165, 1.54) is 4.68 Å². The first-order chi connectivity index (χ1) is 14.0. The van der Waals surface area contributed by atoms with E-state index in [1.807, 2.05) is 79.7 Å². The number of benzene rings is 2. The zero-order valence-corrected chi connectivity index (χ0v) is 16.9. The standard InChI is InChI=1S/C22H20ClN5O/c1-27(2)20-12-15(17-10-6-7-11-18(17)26-20)13-24-19-14-25-28(22(29)21(19)23)16-8-4-3-5-9-16/h3-12,14,24H,13H2,1-2H3. The first-order valence-electron chi connectivity index (χ1n) is 9.17. The van der Waals surface area contributed by atoms with E-state index in [1.54, 1.807) is 6.20 Å². The summed E-state index contributed by atoms with van der Waals surface area (Å²) in [4.78, 5) is 19.3. The Morgan fingerprint density at radius 3 is 2.55 bits per heavy atom. The number of anilines is 2. The molecule has 0 spiro atoms. The second kappa shape index (κ2) is 7.93. The zero-order chi connectivity index (χ0) is 20.4. The number of nitrogens with one attached hydrogen (secondary N) is 1. The van der Waals surface area contributed by atoms with Gasteiger partial charge in [-0.2, -0.15) is 9.78 Å². The van der Waals surface area contributed by atoms with Crippen LogP contribution in [0.25, 0.3) is 16.6 Å². The van der Waals surface area contributed by atoms with E-state index in [-0.39, 0.29) is 10.6 Å². The van der Waals surface area contributed by atoms with Gasteiger partial charge < -0.3 is 10.2 Å². The van der Waals surface area contributed by atoms with E-state index in [2.05, 4.69) is 15.4 Å². The predicted octanol–water partition coefficient (Wildman–Crippen LogP) is 4.11. The number of rotatable bonds is 5. The van der Waals surface area contributed by atoms with Crippen molar-refractivity contribution < 1.29 is 0 Å². The van der Waals surface area contributed by atoms with E-state index in [9.17, 15) is 4.79 Å². The molecular weight excluding hydrogens is 386 g/mol. The SMILES string of the molecule is CN(C)c1cc(CNc2cnn(-c3ccccc3)c(=O)c2Cl)c2ccccc2n1. The van der Waals surface area contributed by atoms with Crippen molar-refractivity contribution in [3.05, 3.63) is 87.8 Å². The van der Waals surface area contributed by atoms with Crippen LogP contribution in [0.1, 0.15) is 5.56 Å². The van der Waals surface area contributed by atoms with Crippen LogP contribution in [0.4, 0.5) is 11.5 Å². The maximum Gasteiger partial charge on any atom is 0.292 e. The summed E-state index contributed by atoms with van der Waals surface area (Å²) in [5.74, 6) is 0.865. The van der Waals surface area contributed by atoms with Gasteiger partial charge in [0, 0.05) is 26.0 Å². The Morgan fingerprint density at radius 1 is 1.07 bits per heavy atom. The highest BCUT2D eigenvalue weighted by Gasteiger charge is 2.12. The molecule has 1 N–H and O–H groups in total. The predicted molar refractivity (Wildman–Crippen MR) is 118 cm³/mol. The number of halogens is 1. The minimum atomic E-state index is -0.364. The van der Waals surface area contributed by atoms with Crippen molar-refractivity contribution in [2.24, 2.45) is 0 Å². The molecule has 0 unspecified atom stereocenters. The first-order valence-corrected chi connectivity index (χ1v) is 9.55. The molecule has 7 heteroatoms. The molecule has 146 valence electrons. The summed E-state index contributed by atoms with van der Waals surface area (Å²) in [6, 6.07) is 19.2. The maximum absolute atomic E-state index is 12.7. The molecule has 4 rings (SSSR count). The van der Waals surface area contributed by atoms with E-state index in [4.69, 9.17) is 11.6 Å². The van der Waals surface area contributed by atoms with Crippen LogP contribution in [0, 0.1) is 0 Å². The second-order valence-electron chi connectivity index (χ2n) is 6.83. The van der Waals surface area contributed by atoms with Crippen LogP contribution in [0.5, 0.6) is 0 Å². The van der Waals surface area contributed by atoms with Crippen molar-refractivity contribution in [2.45, 2.75) is 6.54 Å². The van der Waals surface area contributed by atoms with Crippen molar-refractivity contribution in [3.63, 3.8) is 0 Å². The van der Waals surface area contributed by atoms with Gasteiger partial charge >= 0.3 is 0 Å². The molecule has 0 bridgehead atoms.